The molecule has 0 spiro atoms. The lowest BCUT2D eigenvalue weighted by molar-refractivity contribution is -0.149. The van der Waals surface area contributed by atoms with Crippen molar-refractivity contribution in [1.82, 2.24) is 20.5 Å². The number of amides is 1. The number of alkyl halides is 3. The number of pyridine rings is 1. The quantitative estimate of drug-likeness (QED) is 0.226. The van der Waals surface area contributed by atoms with Gasteiger partial charge in [-0.15, -0.1) is 0 Å². The SMILES string of the molecule is COc1cc(C(=O)NCC(c2ccc(OC)c(-c3ccc(F)c(Cl)c3)n2)C(F)(F)F)ccc1OCc1ccn[nH]1. The van der Waals surface area contributed by atoms with Gasteiger partial charge in [-0.05, 0) is 54.6 Å². The van der Waals surface area contributed by atoms with E-state index < -0.39 is 30.4 Å². The summed E-state index contributed by atoms with van der Waals surface area (Å²) in [6.45, 7) is -0.637. The zero-order valence-electron chi connectivity index (χ0n) is 21.2. The Labute approximate surface area is 231 Å². The van der Waals surface area contributed by atoms with Crippen molar-refractivity contribution >= 4 is 17.5 Å². The number of nitrogens with one attached hydrogen (secondary N) is 2. The van der Waals surface area contributed by atoms with Gasteiger partial charge >= 0.3 is 6.18 Å². The molecule has 1 atom stereocenters. The number of aromatic nitrogens is 3. The molecular formula is C27H23ClF4N4O4. The number of carbonyl (C=O) groups excluding carboxylic acids is 1. The van der Waals surface area contributed by atoms with Crippen LogP contribution < -0.4 is 19.5 Å². The summed E-state index contributed by atoms with van der Waals surface area (Å²) in [7, 11) is 2.70. The Bertz CT molecular complexity index is 1480. The van der Waals surface area contributed by atoms with E-state index in [0.717, 1.165) is 12.1 Å². The minimum Gasteiger partial charge on any atom is -0.494 e. The number of halogens is 5. The zero-order valence-corrected chi connectivity index (χ0v) is 21.9. The van der Waals surface area contributed by atoms with Crippen molar-refractivity contribution in [2.24, 2.45) is 0 Å². The Morgan fingerprint density at radius 1 is 1.02 bits per heavy atom. The number of nitrogens with zero attached hydrogens (tertiary/aromatic N) is 2. The third kappa shape index (κ3) is 6.63. The van der Waals surface area contributed by atoms with E-state index >= 15 is 0 Å². The van der Waals surface area contributed by atoms with E-state index in [0.29, 0.717) is 11.4 Å². The molecule has 4 rings (SSSR count). The fraction of sp³-hybridized carbons (Fsp3) is 0.222. The molecule has 0 radical (unpaired) electrons. The lowest BCUT2D eigenvalue weighted by Gasteiger charge is -2.22. The van der Waals surface area contributed by atoms with Gasteiger partial charge in [-0.1, -0.05) is 11.6 Å². The standard InChI is InChI=1S/C27H23ClF4N4O4/c1-38-23-8-6-21(35-25(23)15-3-5-20(29)19(28)11-15)18(27(30,31)32)13-33-26(37)16-4-7-22(24(12-16)39-2)40-14-17-9-10-34-36-17/h3-12,18H,13-14H2,1-2H3,(H,33,37)(H,34,36). The van der Waals surface area contributed by atoms with Crippen LogP contribution in [-0.4, -0.2) is 48.0 Å². The normalized spacial score (nSPS) is 12.1. The summed E-state index contributed by atoms with van der Waals surface area (Å²) in [4.78, 5) is 17.0. The fourth-order valence-corrected chi connectivity index (χ4v) is 3.98. The minimum absolute atomic E-state index is 0.0398. The molecule has 0 fully saturated rings. The van der Waals surface area contributed by atoms with E-state index in [1.54, 1.807) is 12.3 Å². The zero-order chi connectivity index (χ0) is 28.9. The van der Waals surface area contributed by atoms with Gasteiger partial charge in [0, 0.05) is 23.9 Å². The van der Waals surface area contributed by atoms with E-state index in [1.807, 2.05) is 0 Å². The molecule has 2 heterocycles. The lowest BCUT2D eigenvalue weighted by Crippen LogP contribution is -2.35. The first kappa shape index (κ1) is 28.7. The van der Waals surface area contributed by atoms with Gasteiger partial charge in [0.1, 0.15) is 29.8 Å². The maximum Gasteiger partial charge on any atom is 0.398 e. The van der Waals surface area contributed by atoms with E-state index in [1.165, 1.54) is 50.6 Å². The lowest BCUT2D eigenvalue weighted by atomic mass is 10.0. The second-order valence-electron chi connectivity index (χ2n) is 8.46. The largest absolute Gasteiger partial charge is 0.494 e. The van der Waals surface area contributed by atoms with Crippen LogP contribution in [0.3, 0.4) is 0 Å². The van der Waals surface area contributed by atoms with Crippen LogP contribution >= 0.6 is 11.6 Å². The van der Waals surface area contributed by atoms with Gasteiger partial charge < -0.3 is 19.5 Å². The summed E-state index contributed by atoms with van der Waals surface area (Å²) in [5, 5.41) is 8.67. The number of H-pyrrole nitrogens is 1. The van der Waals surface area contributed by atoms with Crippen molar-refractivity contribution in [2.75, 3.05) is 20.8 Å². The summed E-state index contributed by atoms with van der Waals surface area (Å²) in [5.41, 5.74) is 0.704. The third-order valence-corrected chi connectivity index (χ3v) is 6.17. The van der Waals surface area contributed by atoms with E-state index in [-0.39, 0.29) is 45.6 Å². The van der Waals surface area contributed by atoms with Gasteiger partial charge in [0.15, 0.2) is 11.5 Å². The molecule has 0 saturated heterocycles. The number of ether oxygens (including phenoxy) is 3. The Balaban J connectivity index is 1.54. The number of hydrogen-bond acceptors (Lipinski definition) is 6. The van der Waals surface area contributed by atoms with Gasteiger partial charge in [-0.3, -0.25) is 9.89 Å². The van der Waals surface area contributed by atoms with Gasteiger partial charge in [-0.25, -0.2) is 9.37 Å². The van der Waals surface area contributed by atoms with E-state index in [2.05, 4.69) is 20.5 Å². The predicted octanol–water partition coefficient (Wildman–Crippen LogP) is 5.94. The van der Waals surface area contributed by atoms with Crippen LogP contribution in [0.5, 0.6) is 17.2 Å². The highest BCUT2D eigenvalue weighted by Gasteiger charge is 2.42. The van der Waals surface area contributed by atoms with Crippen LogP contribution in [0, 0.1) is 5.82 Å². The van der Waals surface area contributed by atoms with Crippen LogP contribution in [0.2, 0.25) is 5.02 Å². The Morgan fingerprint density at radius 3 is 2.42 bits per heavy atom. The first-order valence-electron chi connectivity index (χ1n) is 11.7. The third-order valence-electron chi connectivity index (χ3n) is 5.88. The molecular weight excluding hydrogens is 556 g/mol. The summed E-state index contributed by atoms with van der Waals surface area (Å²) >= 11 is 5.86. The second-order valence-corrected chi connectivity index (χ2v) is 8.86. The summed E-state index contributed by atoms with van der Waals surface area (Å²) in [5.74, 6) is -2.89. The van der Waals surface area contributed by atoms with Crippen molar-refractivity contribution in [2.45, 2.75) is 18.7 Å². The molecule has 0 saturated carbocycles. The maximum absolute atomic E-state index is 14.1. The Kier molecular flexibility index (Phi) is 8.78. The highest BCUT2D eigenvalue weighted by Crippen LogP contribution is 2.37. The van der Waals surface area contributed by atoms with Crippen LogP contribution in [0.4, 0.5) is 17.6 Å². The molecule has 210 valence electrons. The highest BCUT2D eigenvalue weighted by molar-refractivity contribution is 6.31. The van der Waals surface area contributed by atoms with Gasteiger partial charge in [0.25, 0.3) is 5.91 Å². The van der Waals surface area contributed by atoms with Crippen molar-refractivity contribution in [3.05, 3.63) is 88.6 Å². The topological polar surface area (TPSA) is 98.4 Å². The molecule has 1 amide bonds. The molecule has 4 aromatic rings. The molecule has 0 aliphatic heterocycles. The highest BCUT2D eigenvalue weighted by atomic mass is 35.5. The molecule has 40 heavy (non-hydrogen) atoms. The first-order chi connectivity index (χ1) is 19.1. The van der Waals surface area contributed by atoms with Crippen LogP contribution in [0.25, 0.3) is 11.3 Å². The summed E-state index contributed by atoms with van der Waals surface area (Å²) in [6.07, 6.45) is -3.19. The molecule has 2 aromatic carbocycles. The fourth-order valence-electron chi connectivity index (χ4n) is 3.80. The molecule has 1 unspecified atom stereocenters. The maximum atomic E-state index is 14.1. The van der Waals surface area contributed by atoms with Crippen LogP contribution in [0.1, 0.15) is 27.7 Å². The number of hydrogen-bond donors (Lipinski definition) is 2. The van der Waals surface area contributed by atoms with Crippen molar-refractivity contribution < 1.29 is 36.6 Å². The van der Waals surface area contributed by atoms with Crippen molar-refractivity contribution in [3.63, 3.8) is 0 Å². The Morgan fingerprint density at radius 2 is 1.77 bits per heavy atom. The molecule has 0 aliphatic carbocycles. The van der Waals surface area contributed by atoms with Crippen LogP contribution in [0.15, 0.2) is 60.8 Å². The molecule has 0 bridgehead atoms. The van der Waals surface area contributed by atoms with Crippen molar-refractivity contribution in [3.8, 4) is 28.5 Å². The monoisotopic (exact) mass is 578 g/mol. The van der Waals surface area contributed by atoms with Gasteiger partial charge in [0.05, 0.1) is 30.6 Å². The summed E-state index contributed by atoms with van der Waals surface area (Å²) < 4.78 is 72.2. The first-order valence-corrected chi connectivity index (χ1v) is 12.1. The number of carbonyl (C=O) groups is 1. The smallest absolute Gasteiger partial charge is 0.398 e. The summed E-state index contributed by atoms with van der Waals surface area (Å²) in [6, 6.07) is 12.1. The van der Waals surface area contributed by atoms with E-state index in [9.17, 15) is 22.4 Å². The minimum atomic E-state index is -4.76. The second kappa shape index (κ2) is 12.2. The molecule has 0 aliphatic rings. The number of rotatable bonds is 10. The molecule has 2 aromatic heterocycles. The average Bonchev–Trinajstić information content (AvgIpc) is 3.46. The van der Waals surface area contributed by atoms with Gasteiger partial charge in [-0.2, -0.15) is 18.3 Å². The number of methoxy groups -OCH3 is 2. The average molecular weight is 579 g/mol. The Hall–Kier alpha value is -4.32. The molecule has 13 heteroatoms. The van der Waals surface area contributed by atoms with Gasteiger partial charge in [0.2, 0.25) is 0 Å². The number of benzene rings is 2. The molecule has 2 N–H and O–H groups in total. The van der Waals surface area contributed by atoms with Crippen molar-refractivity contribution in [1.29, 1.82) is 0 Å². The molecule has 8 nitrogen and oxygen atoms in total. The van der Waals surface area contributed by atoms with E-state index in [4.69, 9.17) is 25.8 Å². The van der Waals surface area contributed by atoms with Crippen LogP contribution in [-0.2, 0) is 6.61 Å². The predicted molar refractivity (Wildman–Crippen MR) is 138 cm³/mol. The number of aromatic amines is 1.